The second-order valence-corrected chi connectivity index (χ2v) is 5.56. The van der Waals surface area contributed by atoms with E-state index in [1.54, 1.807) is 23.3 Å². The standard InChI is InChI=1S/C18H20N6O/c25-18(20-10-4-7-15-5-2-1-3-6-15)21-13-16-14-24(23-22-16)17-8-11-19-12-9-17/h1-3,5-6,8-9,11-12,14H,4,7,10,13H2,(H2,20,21,25). The fourth-order valence-electron chi connectivity index (χ4n) is 2.37. The summed E-state index contributed by atoms with van der Waals surface area (Å²) in [7, 11) is 0. The highest BCUT2D eigenvalue weighted by molar-refractivity contribution is 5.73. The van der Waals surface area contributed by atoms with Crippen LogP contribution in [-0.4, -0.2) is 32.6 Å². The predicted octanol–water partition coefficient (Wildman–Crippen LogP) is 2.09. The molecule has 0 aliphatic rings. The SMILES string of the molecule is O=C(NCCCc1ccccc1)NCc1cn(-c2ccncc2)nn1. The minimum atomic E-state index is -0.202. The summed E-state index contributed by atoms with van der Waals surface area (Å²) < 4.78 is 1.65. The maximum atomic E-state index is 11.8. The molecule has 0 saturated carbocycles. The summed E-state index contributed by atoms with van der Waals surface area (Å²) in [5, 5.41) is 13.7. The first kappa shape index (κ1) is 16.6. The van der Waals surface area contributed by atoms with Gasteiger partial charge in [0.25, 0.3) is 0 Å². The first-order valence-corrected chi connectivity index (χ1v) is 8.18. The van der Waals surface area contributed by atoms with Crippen molar-refractivity contribution in [1.82, 2.24) is 30.6 Å². The van der Waals surface area contributed by atoms with Gasteiger partial charge in [-0.3, -0.25) is 4.98 Å². The van der Waals surface area contributed by atoms with Gasteiger partial charge in [-0.05, 0) is 30.5 Å². The first-order valence-electron chi connectivity index (χ1n) is 8.18. The first-order chi connectivity index (χ1) is 12.3. The molecule has 128 valence electrons. The fraction of sp³-hybridized carbons (Fsp3) is 0.222. The Kier molecular flexibility index (Phi) is 5.71. The Morgan fingerprint density at radius 1 is 1.04 bits per heavy atom. The van der Waals surface area contributed by atoms with E-state index < -0.39 is 0 Å². The van der Waals surface area contributed by atoms with Crippen molar-refractivity contribution in [3.8, 4) is 5.69 Å². The van der Waals surface area contributed by atoms with Crippen molar-refractivity contribution in [2.75, 3.05) is 6.54 Å². The number of aryl methyl sites for hydroxylation is 1. The van der Waals surface area contributed by atoms with Crippen molar-refractivity contribution in [3.05, 3.63) is 72.3 Å². The van der Waals surface area contributed by atoms with Gasteiger partial charge < -0.3 is 10.6 Å². The Labute approximate surface area is 146 Å². The third kappa shape index (κ3) is 5.13. The summed E-state index contributed by atoms with van der Waals surface area (Å²) in [6.45, 7) is 0.958. The zero-order chi connectivity index (χ0) is 17.3. The minimum absolute atomic E-state index is 0.202. The monoisotopic (exact) mass is 336 g/mol. The third-order valence-corrected chi connectivity index (χ3v) is 3.67. The lowest BCUT2D eigenvalue weighted by atomic mass is 10.1. The molecule has 2 aromatic heterocycles. The van der Waals surface area contributed by atoms with E-state index in [0.717, 1.165) is 18.5 Å². The smallest absolute Gasteiger partial charge is 0.315 e. The van der Waals surface area contributed by atoms with Crippen LogP contribution >= 0.6 is 0 Å². The summed E-state index contributed by atoms with van der Waals surface area (Å²) in [5.41, 5.74) is 2.84. The second kappa shape index (κ2) is 8.58. The molecule has 3 rings (SSSR count). The molecule has 25 heavy (non-hydrogen) atoms. The van der Waals surface area contributed by atoms with E-state index in [0.29, 0.717) is 18.8 Å². The van der Waals surface area contributed by atoms with Crippen molar-refractivity contribution in [3.63, 3.8) is 0 Å². The number of nitrogens with one attached hydrogen (secondary N) is 2. The van der Waals surface area contributed by atoms with Gasteiger partial charge in [-0.1, -0.05) is 35.5 Å². The molecule has 2 N–H and O–H groups in total. The number of carbonyl (C=O) groups is 1. The van der Waals surface area contributed by atoms with Gasteiger partial charge in [-0.25, -0.2) is 9.48 Å². The summed E-state index contributed by atoms with van der Waals surface area (Å²) in [6, 6.07) is 13.7. The number of urea groups is 1. The van der Waals surface area contributed by atoms with E-state index in [4.69, 9.17) is 0 Å². The molecule has 2 heterocycles. The van der Waals surface area contributed by atoms with Crippen LogP contribution in [0.2, 0.25) is 0 Å². The molecule has 0 bridgehead atoms. The van der Waals surface area contributed by atoms with Crippen LogP contribution in [0.3, 0.4) is 0 Å². The van der Waals surface area contributed by atoms with Crippen molar-refractivity contribution < 1.29 is 4.79 Å². The van der Waals surface area contributed by atoms with Gasteiger partial charge in [0.2, 0.25) is 0 Å². The van der Waals surface area contributed by atoms with Gasteiger partial charge in [0.1, 0.15) is 5.69 Å². The van der Waals surface area contributed by atoms with Crippen LogP contribution in [0.1, 0.15) is 17.7 Å². The maximum absolute atomic E-state index is 11.8. The number of amides is 2. The van der Waals surface area contributed by atoms with Crippen LogP contribution in [-0.2, 0) is 13.0 Å². The molecule has 1 aromatic carbocycles. The number of nitrogens with zero attached hydrogens (tertiary/aromatic N) is 4. The van der Waals surface area contributed by atoms with Crippen LogP contribution in [0.4, 0.5) is 4.79 Å². The molecule has 3 aromatic rings. The second-order valence-electron chi connectivity index (χ2n) is 5.56. The quantitative estimate of drug-likeness (QED) is 0.647. The summed E-state index contributed by atoms with van der Waals surface area (Å²) in [6.07, 6.45) is 7.01. The molecule has 0 fully saturated rings. The number of aromatic nitrogens is 4. The molecule has 0 saturated heterocycles. The lowest BCUT2D eigenvalue weighted by molar-refractivity contribution is 0.240. The van der Waals surface area contributed by atoms with E-state index in [2.05, 4.69) is 38.1 Å². The summed E-state index contributed by atoms with van der Waals surface area (Å²) >= 11 is 0. The Morgan fingerprint density at radius 2 is 1.84 bits per heavy atom. The molecule has 0 unspecified atom stereocenters. The number of rotatable bonds is 7. The number of hydrogen-bond donors (Lipinski definition) is 2. The van der Waals surface area contributed by atoms with Gasteiger partial charge in [0.15, 0.2) is 0 Å². The number of hydrogen-bond acceptors (Lipinski definition) is 4. The number of pyridine rings is 1. The van der Waals surface area contributed by atoms with Crippen molar-refractivity contribution in [2.45, 2.75) is 19.4 Å². The molecular formula is C18H20N6O. The van der Waals surface area contributed by atoms with Crippen molar-refractivity contribution in [2.24, 2.45) is 0 Å². The largest absolute Gasteiger partial charge is 0.338 e. The Balaban J connectivity index is 1.37. The fourth-order valence-corrected chi connectivity index (χ4v) is 2.37. The summed E-state index contributed by atoms with van der Waals surface area (Å²) in [4.78, 5) is 15.8. The van der Waals surface area contributed by atoms with E-state index in [-0.39, 0.29) is 6.03 Å². The maximum Gasteiger partial charge on any atom is 0.315 e. The highest BCUT2D eigenvalue weighted by Crippen LogP contribution is 2.04. The van der Waals surface area contributed by atoms with Crippen molar-refractivity contribution in [1.29, 1.82) is 0 Å². The van der Waals surface area contributed by atoms with Crippen LogP contribution in [0.25, 0.3) is 5.69 Å². The van der Waals surface area contributed by atoms with Crippen LogP contribution < -0.4 is 10.6 Å². The zero-order valence-corrected chi connectivity index (χ0v) is 13.8. The lowest BCUT2D eigenvalue weighted by Gasteiger charge is -2.06. The van der Waals surface area contributed by atoms with Gasteiger partial charge >= 0.3 is 6.03 Å². The zero-order valence-electron chi connectivity index (χ0n) is 13.8. The van der Waals surface area contributed by atoms with E-state index in [1.807, 2.05) is 30.3 Å². The highest BCUT2D eigenvalue weighted by Gasteiger charge is 2.05. The van der Waals surface area contributed by atoms with E-state index in [1.165, 1.54) is 5.56 Å². The van der Waals surface area contributed by atoms with Gasteiger partial charge in [0.05, 0.1) is 18.4 Å². The molecule has 0 radical (unpaired) electrons. The minimum Gasteiger partial charge on any atom is -0.338 e. The third-order valence-electron chi connectivity index (χ3n) is 3.67. The average molecular weight is 336 g/mol. The average Bonchev–Trinajstić information content (AvgIpc) is 3.14. The molecule has 7 nitrogen and oxygen atoms in total. The normalized spacial score (nSPS) is 10.4. The van der Waals surface area contributed by atoms with Gasteiger partial charge in [0, 0.05) is 18.9 Å². The molecule has 0 aliphatic heterocycles. The van der Waals surface area contributed by atoms with Crippen LogP contribution in [0.15, 0.2) is 61.1 Å². The van der Waals surface area contributed by atoms with E-state index >= 15 is 0 Å². The topological polar surface area (TPSA) is 84.7 Å². The molecule has 2 amide bonds. The molecule has 0 aliphatic carbocycles. The van der Waals surface area contributed by atoms with Gasteiger partial charge in [-0.2, -0.15) is 0 Å². The Morgan fingerprint density at radius 3 is 2.64 bits per heavy atom. The highest BCUT2D eigenvalue weighted by atomic mass is 16.2. The van der Waals surface area contributed by atoms with Crippen LogP contribution in [0, 0.1) is 0 Å². The molecule has 0 spiro atoms. The number of benzene rings is 1. The van der Waals surface area contributed by atoms with Gasteiger partial charge in [-0.15, -0.1) is 5.10 Å². The van der Waals surface area contributed by atoms with Crippen molar-refractivity contribution >= 4 is 6.03 Å². The number of carbonyl (C=O) groups excluding carboxylic acids is 1. The van der Waals surface area contributed by atoms with Crippen LogP contribution in [0.5, 0.6) is 0 Å². The predicted molar refractivity (Wildman–Crippen MR) is 94.2 cm³/mol. The molecular weight excluding hydrogens is 316 g/mol. The molecule has 7 heteroatoms. The molecule has 0 atom stereocenters. The summed E-state index contributed by atoms with van der Waals surface area (Å²) in [5.74, 6) is 0. The Hall–Kier alpha value is -3.22. The lowest BCUT2D eigenvalue weighted by Crippen LogP contribution is -2.35. The Bertz CT molecular complexity index is 788. The van der Waals surface area contributed by atoms with E-state index in [9.17, 15) is 4.79 Å².